The molecule has 1 aliphatic rings. The van der Waals surface area contributed by atoms with Gasteiger partial charge in [-0.15, -0.1) is 0 Å². The van der Waals surface area contributed by atoms with E-state index in [1.807, 2.05) is 19.1 Å². The molecule has 1 fully saturated rings. The summed E-state index contributed by atoms with van der Waals surface area (Å²) in [5, 5.41) is 2.83. The lowest BCUT2D eigenvalue weighted by atomic mass is 9.96. The van der Waals surface area contributed by atoms with Crippen molar-refractivity contribution in [2.75, 3.05) is 24.4 Å². The molecule has 8 heteroatoms. The number of hydrogen-bond donors (Lipinski definition) is 2. The Morgan fingerprint density at radius 1 is 1.03 bits per heavy atom. The largest absolute Gasteiger partial charge is 0.356 e. The molecule has 7 nitrogen and oxygen atoms in total. The smallest absolute Gasteiger partial charge is 0.261 e. The number of aryl methyl sites for hydroxylation is 2. The van der Waals surface area contributed by atoms with E-state index in [0.717, 1.165) is 24.0 Å². The normalized spacial score (nSPS) is 14.9. The first-order valence-corrected chi connectivity index (χ1v) is 11.9. The molecule has 0 atom stereocenters. The number of rotatable bonds is 6. The van der Waals surface area contributed by atoms with Crippen LogP contribution in [-0.2, 0) is 14.8 Å². The van der Waals surface area contributed by atoms with E-state index in [4.69, 9.17) is 0 Å². The predicted octanol–water partition coefficient (Wildman–Crippen LogP) is 3.09. The van der Waals surface area contributed by atoms with Crippen LogP contribution < -0.4 is 10.0 Å². The average Bonchev–Trinajstić information content (AvgIpc) is 2.74. The Kier molecular flexibility index (Phi) is 7.00. The topological polar surface area (TPSA) is 95.6 Å². The molecular formula is C23H29N3O4S. The Morgan fingerprint density at radius 3 is 2.29 bits per heavy atom. The van der Waals surface area contributed by atoms with Gasteiger partial charge in [0, 0.05) is 37.8 Å². The number of benzene rings is 2. The number of nitrogens with one attached hydrogen (secondary N) is 2. The van der Waals surface area contributed by atoms with Crippen molar-refractivity contribution in [2.45, 2.75) is 38.5 Å². The zero-order valence-electron chi connectivity index (χ0n) is 18.1. The summed E-state index contributed by atoms with van der Waals surface area (Å²) in [4.78, 5) is 26.0. The highest BCUT2D eigenvalue weighted by molar-refractivity contribution is 7.92. The highest BCUT2D eigenvalue weighted by atomic mass is 32.2. The van der Waals surface area contributed by atoms with Crippen LogP contribution >= 0.6 is 0 Å². The molecule has 2 amide bonds. The van der Waals surface area contributed by atoms with Crippen molar-refractivity contribution in [3.05, 3.63) is 59.2 Å². The van der Waals surface area contributed by atoms with E-state index in [-0.39, 0.29) is 16.7 Å². The Balaban J connectivity index is 1.72. The molecule has 0 aliphatic carbocycles. The number of carbonyl (C=O) groups excluding carboxylic acids is 2. The van der Waals surface area contributed by atoms with Gasteiger partial charge in [-0.2, -0.15) is 0 Å². The summed E-state index contributed by atoms with van der Waals surface area (Å²) in [7, 11) is -3.81. The van der Waals surface area contributed by atoms with Crippen LogP contribution in [0.5, 0.6) is 0 Å². The fraction of sp³-hybridized carbons (Fsp3) is 0.391. The van der Waals surface area contributed by atoms with E-state index in [0.29, 0.717) is 36.8 Å². The van der Waals surface area contributed by atoms with E-state index >= 15 is 0 Å². The summed E-state index contributed by atoms with van der Waals surface area (Å²) in [6, 6.07) is 11.7. The SMILES string of the molecule is CC(=O)NCC1CCN(C(=O)c2cc(S(=O)(=O)Nc3ccc(C)cc3)ccc2C)CC1. The number of carbonyl (C=O) groups is 2. The number of likely N-dealkylation sites (tertiary alicyclic amines) is 1. The van der Waals surface area contributed by atoms with Crippen LogP contribution in [0.15, 0.2) is 47.4 Å². The van der Waals surface area contributed by atoms with E-state index in [9.17, 15) is 18.0 Å². The number of anilines is 1. The van der Waals surface area contributed by atoms with Crippen LogP contribution in [0.1, 0.15) is 41.3 Å². The van der Waals surface area contributed by atoms with E-state index < -0.39 is 10.0 Å². The van der Waals surface area contributed by atoms with Gasteiger partial charge >= 0.3 is 0 Å². The predicted molar refractivity (Wildman–Crippen MR) is 120 cm³/mol. The molecule has 0 spiro atoms. The molecule has 31 heavy (non-hydrogen) atoms. The second-order valence-corrected chi connectivity index (χ2v) is 9.80. The Bertz CT molecular complexity index is 1060. The van der Waals surface area contributed by atoms with Crippen LogP contribution in [0, 0.1) is 19.8 Å². The number of sulfonamides is 1. The van der Waals surface area contributed by atoms with Crippen molar-refractivity contribution < 1.29 is 18.0 Å². The summed E-state index contributed by atoms with van der Waals surface area (Å²) in [6.45, 7) is 7.02. The van der Waals surface area contributed by atoms with Gasteiger partial charge in [0.1, 0.15) is 0 Å². The highest BCUT2D eigenvalue weighted by Crippen LogP contribution is 2.23. The molecule has 1 heterocycles. The maximum absolute atomic E-state index is 13.1. The molecule has 0 saturated carbocycles. The third-order valence-corrected chi connectivity index (χ3v) is 6.97. The van der Waals surface area contributed by atoms with Crippen LogP contribution in [-0.4, -0.2) is 44.8 Å². The third kappa shape index (κ3) is 5.85. The maximum Gasteiger partial charge on any atom is 0.261 e. The molecule has 0 aromatic heterocycles. The maximum atomic E-state index is 13.1. The first-order chi connectivity index (χ1) is 14.7. The fourth-order valence-electron chi connectivity index (χ4n) is 3.63. The van der Waals surface area contributed by atoms with E-state index in [1.54, 1.807) is 30.0 Å². The minimum absolute atomic E-state index is 0.0496. The van der Waals surface area contributed by atoms with E-state index in [1.165, 1.54) is 19.1 Å². The van der Waals surface area contributed by atoms with Crippen LogP contribution in [0.2, 0.25) is 0 Å². The van der Waals surface area contributed by atoms with Gasteiger partial charge in [0.2, 0.25) is 5.91 Å². The lowest BCUT2D eigenvalue weighted by Crippen LogP contribution is -2.41. The zero-order valence-corrected chi connectivity index (χ0v) is 19.0. The summed E-state index contributed by atoms with van der Waals surface area (Å²) >= 11 is 0. The number of hydrogen-bond acceptors (Lipinski definition) is 4. The second-order valence-electron chi connectivity index (χ2n) is 8.12. The standard InChI is InChI=1S/C23H29N3O4S/c1-16-4-7-20(8-5-16)25-31(29,30)21-9-6-17(2)22(14-21)23(28)26-12-10-19(11-13-26)15-24-18(3)27/h4-9,14,19,25H,10-13,15H2,1-3H3,(H,24,27). The minimum Gasteiger partial charge on any atom is -0.356 e. The first-order valence-electron chi connectivity index (χ1n) is 10.4. The molecule has 1 aliphatic heterocycles. The summed E-state index contributed by atoms with van der Waals surface area (Å²) in [5.74, 6) is 0.133. The average molecular weight is 444 g/mol. The van der Waals surface area contributed by atoms with Crippen molar-refractivity contribution in [3.8, 4) is 0 Å². The second kappa shape index (κ2) is 9.51. The molecule has 1 saturated heterocycles. The molecule has 2 N–H and O–H groups in total. The molecule has 0 bridgehead atoms. The van der Waals surface area contributed by atoms with Crippen molar-refractivity contribution in [3.63, 3.8) is 0 Å². The summed E-state index contributed by atoms with van der Waals surface area (Å²) in [5.41, 5.74) is 2.64. The van der Waals surface area contributed by atoms with Crippen molar-refractivity contribution in [2.24, 2.45) is 5.92 Å². The van der Waals surface area contributed by atoms with Crippen LogP contribution in [0.25, 0.3) is 0 Å². The van der Waals surface area contributed by atoms with Gasteiger partial charge in [0.15, 0.2) is 0 Å². The number of nitrogens with zero attached hydrogens (tertiary/aromatic N) is 1. The third-order valence-electron chi connectivity index (χ3n) is 5.59. The monoisotopic (exact) mass is 443 g/mol. The lowest BCUT2D eigenvalue weighted by Gasteiger charge is -2.32. The van der Waals surface area contributed by atoms with Gasteiger partial charge in [0.25, 0.3) is 15.9 Å². The Hall–Kier alpha value is -2.87. The van der Waals surface area contributed by atoms with Crippen molar-refractivity contribution in [1.82, 2.24) is 10.2 Å². The first kappa shape index (κ1) is 22.8. The fourth-order valence-corrected chi connectivity index (χ4v) is 4.72. The van der Waals surface area contributed by atoms with Crippen LogP contribution in [0.4, 0.5) is 5.69 Å². The van der Waals surface area contributed by atoms with Gasteiger partial charge in [-0.05, 0) is 62.4 Å². The van der Waals surface area contributed by atoms with E-state index in [2.05, 4.69) is 10.0 Å². The van der Waals surface area contributed by atoms with Crippen LogP contribution in [0.3, 0.4) is 0 Å². The molecule has 0 radical (unpaired) electrons. The van der Waals surface area contributed by atoms with Crippen molar-refractivity contribution in [1.29, 1.82) is 0 Å². The van der Waals surface area contributed by atoms with Gasteiger partial charge in [0.05, 0.1) is 4.90 Å². The number of amides is 2. The van der Waals surface area contributed by atoms with Crippen molar-refractivity contribution >= 4 is 27.5 Å². The summed E-state index contributed by atoms with van der Waals surface area (Å²) in [6.07, 6.45) is 1.61. The Labute approximate surface area is 183 Å². The molecule has 3 rings (SSSR count). The van der Waals surface area contributed by atoms with Gasteiger partial charge < -0.3 is 10.2 Å². The molecule has 2 aromatic rings. The molecule has 0 unspecified atom stereocenters. The lowest BCUT2D eigenvalue weighted by molar-refractivity contribution is -0.119. The number of piperidine rings is 1. The van der Waals surface area contributed by atoms with Gasteiger partial charge in [-0.25, -0.2) is 8.42 Å². The summed E-state index contributed by atoms with van der Waals surface area (Å²) < 4.78 is 28.3. The molecule has 166 valence electrons. The zero-order chi connectivity index (χ0) is 22.6. The highest BCUT2D eigenvalue weighted by Gasteiger charge is 2.26. The molecule has 2 aromatic carbocycles. The minimum atomic E-state index is -3.81. The molecular weight excluding hydrogens is 414 g/mol. The Morgan fingerprint density at radius 2 is 1.68 bits per heavy atom. The quantitative estimate of drug-likeness (QED) is 0.717. The van der Waals surface area contributed by atoms with Gasteiger partial charge in [-0.3, -0.25) is 14.3 Å². The van der Waals surface area contributed by atoms with Gasteiger partial charge in [-0.1, -0.05) is 23.8 Å².